The Morgan fingerprint density at radius 2 is 1.83 bits per heavy atom. The molecule has 0 saturated heterocycles. The first-order valence-electron chi connectivity index (χ1n) is 8.08. The predicted octanol–water partition coefficient (Wildman–Crippen LogP) is 2.40. The number of rotatable bonds is 9. The first-order chi connectivity index (χ1) is 11.2. The SMILES string of the molecule is CCCCCNC(=NC)NCCNC(=O)c1cccc(OC)c1.I. The molecular formula is C17H29IN4O2. The third-order valence-electron chi connectivity index (χ3n) is 3.33. The van der Waals surface area contributed by atoms with Gasteiger partial charge in [-0.3, -0.25) is 9.79 Å². The highest BCUT2D eigenvalue weighted by atomic mass is 127. The summed E-state index contributed by atoms with van der Waals surface area (Å²) in [5.41, 5.74) is 0.589. The largest absolute Gasteiger partial charge is 0.497 e. The summed E-state index contributed by atoms with van der Waals surface area (Å²) in [5, 5.41) is 9.29. The van der Waals surface area contributed by atoms with Crippen molar-refractivity contribution in [2.45, 2.75) is 26.2 Å². The maximum atomic E-state index is 12.0. The maximum Gasteiger partial charge on any atom is 0.251 e. The van der Waals surface area contributed by atoms with Crippen LogP contribution in [0.15, 0.2) is 29.3 Å². The van der Waals surface area contributed by atoms with Crippen molar-refractivity contribution >= 4 is 35.8 Å². The van der Waals surface area contributed by atoms with E-state index < -0.39 is 0 Å². The molecule has 0 saturated carbocycles. The molecule has 0 atom stereocenters. The maximum absolute atomic E-state index is 12.0. The Kier molecular flexibility index (Phi) is 13.0. The number of aliphatic imine (C=N–C) groups is 1. The van der Waals surface area contributed by atoms with Gasteiger partial charge in [0.2, 0.25) is 0 Å². The lowest BCUT2D eigenvalue weighted by atomic mass is 10.2. The summed E-state index contributed by atoms with van der Waals surface area (Å²) in [7, 11) is 3.32. The molecule has 0 aromatic heterocycles. The molecule has 0 aliphatic rings. The normalized spacial score (nSPS) is 10.5. The molecule has 1 amide bonds. The minimum Gasteiger partial charge on any atom is -0.497 e. The van der Waals surface area contributed by atoms with Crippen LogP contribution in [0.4, 0.5) is 0 Å². The van der Waals surface area contributed by atoms with E-state index in [0.29, 0.717) is 24.4 Å². The third-order valence-corrected chi connectivity index (χ3v) is 3.33. The van der Waals surface area contributed by atoms with Gasteiger partial charge < -0.3 is 20.7 Å². The zero-order valence-electron chi connectivity index (χ0n) is 14.7. The van der Waals surface area contributed by atoms with Crippen LogP contribution >= 0.6 is 24.0 Å². The summed E-state index contributed by atoms with van der Waals surface area (Å²) in [6.07, 6.45) is 3.54. The number of nitrogens with zero attached hydrogens (tertiary/aromatic N) is 1. The third kappa shape index (κ3) is 8.95. The molecule has 0 fully saturated rings. The van der Waals surface area contributed by atoms with Crippen LogP contribution in [0.25, 0.3) is 0 Å². The van der Waals surface area contributed by atoms with Gasteiger partial charge in [-0.15, -0.1) is 24.0 Å². The number of hydrogen-bond donors (Lipinski definition) is 3. The second-order valence-electron chi connectivity index (χ2n) is 5.12. The van der Waals surface area contributed by atoms with Crippen molar-refractivity contribution in [2.75, 3.05) is 33.8 Å². The number of amides is 1. The number of benzene rings is 1. The predicted molar refractivity (Wildman–Crippen MR) is 110 cm³/mol. The Bertz CT molecular complexity index is 509. The van der Waals surface area contributed by atoms with Gasteiger partial charge in [0, 0.05) is 32.2 Å². The fourth-order valence-electron chi connectivity index (χ4n) is 2.03. The summed E-state index contributed by atoms with van der Waals surface area (Å²) in [4.78, 5) is 16.2. The topological polar surface area (TPSA) is 74.8 Å². The molecule has 0 unspecified atom stereocenters. The van der Waals surface area contributed by atoms with E-state index in [2.05, 4.69) is 27.9 Å². The zero-order valence-corrected chi connectivity index (χ0v) is 17.1. The molecule has 1 aromatic carbocycles. The molecule has 3 N–H and O–H groups in total. The number of unbranched alkanes of at least 4 members (excludes halogenated alkanes) is 2. The number of nitrogens with one attached hydrogen (secondary N) is 3. The standard InChI is InChI=1S/C17H28N4O2.HI/c1-4-5-6-10-20-17(18-2)21-12-11-19-16(22)14-8-7-9-15(13-14)23-3;/h7-9,13H,4-6,10-12H2,1-3H3,(H,19,22)(H2,18,20,21);1H. The number of guanidine groups is 1. The Morgan fingerprint density at radius 1 is 1.12 bits per heavy atom. The van der Waals surface area contributed by atoms with Crippen molar-refractivity contribution in [3.05, 3.63) is 29.8 Å². The van der Waals surface area contributed by atoms with E-state index in [0.717, 1.165) is 18.9 Å². The molecule has 0 aliphatic heterocycles. The highest BCUT2D eigenvalue weighted by Crippen LogP contribution is 2.12. The molecule has 1 rings (SSSR count). The van der Waals surface area contributed by atoms with Gasteiger partial charge in [-0.05, 0) is 24.6 Å². The summed E-state index contributed by atoms with van der Waals surface area (Å²) in [6.45, 7) is 4.22. The molecule has 7 heteroatoms. The summed E-state index contributed by atoms with van der Waals surface area (Å²) < 4.78 is 5.12. The van der Waals surface area contributed by atoms with Crippen LogP contribution in [0.1, 0.15) is 36.5 Å². The second-order valence-corrected chi connectivity index (χ2v) is 5.12. The lowest BCUT2D eigenvalue weighted by Gasteiger charge is -2.12. The Labute approximate surface area is 161 Å². The summed E-state index contributed by atoms with van der Waals surface area (Å²) >= 11 is 0. The Morgan fingerprint density at radius 3 is 2.50 bits per heavy atom. The molecule has 0 spiro atoms. The van der Waals surface area contributed by atoms with Gasteiger partial charge in [-0.25, -0.2) is 0 Å². The van der Waals surface area contributed by atoms with E-state index in [9.17, 15) is 4.79 Å². The number of methoxy groups -OCH3 is 1. The quantitative estimate of drug-likeness (QED) is 0.235. The van der Waals surface area contributed by atoms with Crippen molar-refractivity contribution < 1.29 is 9.53 Å². The van der Waals surface area contributed by atoms with Gasteiger partial charge in [-0.1, -0.05) is 25.8 Å². The van der Waals surface area contributed by atoms with Crippen LogP contribution in [-0.2, 0) is 0 Å². The highest BCUT2D eigenvalue weighted by molar-refractivity contribution is 14.0. The molecule has 1 aromatic rings. The van der Waals surface area contributed by atoms with Crippen LogP contribution in [-0.4, -0.2) is 45.7 Å². The number of ether oxygens (including phenoxy) is 1. The van der Waals surface area contributed by atoms with E-state index in [1.54, 1.807) is 32.4 Å². The van der Waals surface area contributed by atoms with E-state index in [1.807, 2.05) is 6.07 Å². The van der Waals surface area contributed by atoms with E-state index in [-0.39, 0.29) is 29.9 Å². The van der Waals surface area contributed by atoms with Gasteiger partial charge >= 0.3 is 0 Å². The van der Waals surface area contributed by atoms with E-state index in [1.165, 1.54) is 12.8 Å². The van der Waals surface area contributed by atoms with Gasteiger partial charge in [0.25, 0.3) is 5.91 Å². The minimum absolute atomic E-state index is 0. The molecular weight excluding hydrogens is 419 g/mol. The Balaban J connectivity index is 0.00000529. The number of halogens is 1. The molecule has 136 valence electrons. The summed E-state index contributed by atoms with van der Waals surface area (Å²) in [5.74, 6) is 1.32. The lowest BCUT2D eigenvalue weighted by molar-refractivity contribution is 0.0954. The number of carbonyl (C=O) groups is 1. The van der Waals surface area contributed by atoms with E-state index >= 15 is 0 Å². The van der Waals surface area contributed by atoms with Crippen molar-refractivity contribution in [3.63, 3.8) is 0 Å². The fraction of sp³-hybridized carbons (Fsp3) is 0.529. The highest BCUT2D eigenvalue weighted by Gasteiger charge is 2.05. The zero-order chi connectivity index (χ0) is 16.9. The van der Waals surface area contributed by atoms with Crippen LogP contribution in [0.3, 0.4) is 0 Å². The molecule has 0 aliphatic carbocycles. The average molecular weight is 448 g/mol. The second kappa shape index (κ2) is 13.9. The monoisotopic (exact) mass is 448 g/mol. The first kappa shape index (κ1) is 22.5. The molecule has 0 radical (unpaired) electrons. The van der Waals surface area contributed by atoms with E-state index in [4.69, 9.17) is 4.74 Å². The van der Waals surface area contributed by atoms with Gasteiger partial charge in [0.15, 0.2) is 5.96 Å². The first-order valence-corrected chi connectivity index (χ1v) is 8.08. The molecule has 6 nitrogen and oxygen atoms in total. The van der Waals surface area contributed by atoms with Crippen LogP contribution in [0, 0.1) is 0 Å². The van der Waals surface area contributed by atoms with Crippen LogP contribution < -0.4 is 20.7 Å². The van der Waals surface area contributed by atoms with Crippen molar-refractivity contribution in [2.24, 2.45) is 4.99 Å². The Hall–Kier alpha value is -1.51. The smallest absolute Gasteiger partial charge is 0.251 e. The fourth-order valence-corrected chi connectivity index (χ4v) is 2.03. The van der Waals surface area contributed by atoms with Gasteiger partial charge in [0.1, 0.15) is 5.75 Å². The van der Waals surface area contributed by atoms with Crippen molar-refractivity contribution in [1.29, 1.82) is 0 Å². The number of hydrogen-bond acceptors (Lipinski definition) is 3. The van der Waals surface area contributed by atoms with Crippen molar-refractivity contribution in [3.8, 4) is 5.75 Å². The van der Waals surface area contributed by atoms with Crippen LogP contribution in [0.5, 0.6) is 5.75 Å². The van der Waals surface area contributed by atoms with Crippen LogP contribution in [0.2, 0.25) is 0 Å². The van der Waals surface area contributed by atoms with Gasteiger partial charge in [-0.2, -0.15) is 0 Å². The van der Waals surface area contributed by atoms with Crippen molar-refractivity contribution in [1.82, 2.24) is 16.0 Å². The minimum atomic E-state index is -0.114. The number of carbonyl (C=O) groups excluding carboxylic acids is 1. The average Bonchev–Trinajstić information content (AvgIpc) is 2.60. The summed E-state index contributed by atoms with van der Waals surface area (Å²) in [6, 6.07) is 7.09. The molecule has 24 heavy (non-hydrogen) atoms. The van der Waals surface area contributed by atoms with Gasteiger partial charge in [0.05, 0.1) is 7.11 Å². The molecule has 0 bridgehead atoms. The lowest BCUT2D eigenvalue weighted by Crippen LogP contribution is -2.41. The molecule has 0 heterocycles.